The molecule has 0 radical (unpaired) electrons. The van der Waals surface area contributed by atoms with Crippen molar-refractivity contribution < 1.29 is 10.0 Å². The molecular formula is C13H21N5O3. The van der Waals surface area contributed by atoms with Gasteiger partial charge in [0.2, 0.25) is 11.8 Å². The molecule has 8 nitrogen and oxygen atoms in total. The van der Waals surface area contributed by atoms with Gasteiger partial charge in [-0.2, -0.15) is 4.98 Å². The Balaban J connectivity index is 2.17. The lowest BCUT2D eigenvalue weighted by atomic mass is 9.86. The van der Waals surface area contributed by atoms with Crippen molar-refractivity contribution in [2.24, 2.45) is 5.92 Å². The average Bonchev–Trinajstić information content (AvgIpc) is 2.45. The Hall–Kier alpha value is -1.96. The summed E-state index contributed by atoms with van der Waals surface area (Å²) in [5, 5.41) is 26.9. The normalized spacial score (nSPS) is 21.9. The summed E-state index contributed by atoms with van der Waals surface area (Å²) in [5.74, 6) is 0.645. The molecule has 1 aromatic heterocycles. The van der Waals surface area contributed by atoms with Crippen molar-refractivity contribution in [3.63, 3.8) is 0 Å². The van der Waals surface area contributed by atoms with Crippen molar-refractivity contribution in [1.29, 1.82) is 0 Å². The van der Waals surface area contributed by atoms with Crippen LogP contribution in [-0.2, 0) is 0 Å². The number of rotatable bonds is 5. The molecule has 0 amide bonds. The minimum Gasteiger partial charge on any atom is -0.393 e. The second-order valence-electron chi connectivity index (χ2n) is 5.33. The zero-order valence-corrected chi connectivity index (χ0v) is 12.3. The third-order valence-corrected chi connectivity index (χ3v) is 3.87. The number of anilines is 2. The summed E-state index contributed by atoms with van der Waals surface area (Å²) in [6.45, 7) is 2.06. The van der Waals surface area contributed by atoms with Crippen molar-refractivity contribution in [1.82, 2.24) is 9.97 Å². The van der Waals surface area contributed by atoms with Crippen molar-refractivity contribution >= 4 is 17.5 Å². The molecule has 21 heavy (non-hydrogen) atoms. The molecule has 1 aromatic rings. The van der Waals surface area contributed by atoms with Crippen LogP contribution in [0.5, 0.6) is 0 Å². The first-order valence-corrected chi connectivity index (χ1v) is 7.15. The zero-order chi connectivity index (χ0) is 15.4. The van der Waals surface area contributed by atoms with Gasteiger partial charge in [0.15, 0.2) is 0 Å². The Labute approximate surface area is 123 Å². The van der Waals surface area contributed by atoms with Crippen LogP contribution in [0.15, 0.2) is 0 Å². The van der Waals surface area contributed by atoms with Gasteiger partial charge in [0.05, 0.1) is 11.0 Å². The quantitative estimate of drug-likeness (QED) is 0.559. The number of aliphatic hydroxyl groups is 1. The maximum atomic E-state index is 11.2. The lowest BCUT2D eigenvalue weighted by Crippen LogP contribution is -2.30. The molecular weight excluding hydrogens is 274 g/mol. The molecule has 1 fully saturated rings. The van der Waals surface area contributed by atoms with E-state index >= 15 is 0 Å². The summed E-state index contributed by atoms with van der Waals surface area (Å²) in [5.41, 5.74) is 0.199. The average molecular weight is 295 g/mol. The minimum atomic E-state index is -0.478. The molecule has 1 aliphatic carbocycles. The first-order valence-electron chi connectivity index (χ1n) is 7.15. The Bertz CT molecular complexity index is 523. The van der Waals surface area contributed by atoms with E-state index in [4.69, 9.17) is 0 Å². The van der Waals surface area contributed by atoms with Crippen molar-refractivity contribution in [2.45, 2.75) is 38.7 Å². The van der Waals surface area contributed by atoms with Crippen LogP contribution in [0, 0.1) is 23.0 Å². The molecule has 0 spiro atoms. The van der Waals surface area contributed by atoms with E-state index in [-0.39, 0.29) is 23.5 Å². The molecule has 8 heteroatoms. The van der Waals surface area contributed by atoms with Gasteiger partial charge in [0, 0.05) is 19.5 Å². The van der Waals surface area contributed by atoms with E-state index in [0.29, 0.717) is 18.2 Å². The van der Waals surface area contributed by atoms with E-state index in [2.05, 4.69) is 20.6 Å². The number of aliphatic hydroxyl groups excluding tert-OH is 1. The van der Waals surface area contributed by atoms with Crippen LogP contribution in [0.2, 0.25) is 0 Å². The van der Waals surface area contributed by atoms with E-state index in [1.54, 1.807) is 14.0 Å². The molecule has 2 rings (SSSR count). The van der Waals surface area contributed by atoms with Gasteiger partial charge in [-0.1, -0.05) is 12.8 Å². The van der Waals surface area contributed by atoms with Gasteiger partial charge >= 0.3 is 5.69 Å². The van der Waals surface area contributed by atoms with E-state index in [1.807, 2.05) is 0 Å². The summed E-state index contributed by atoms with van der Waals surface area (Å²) >= 11 is 0. The lowest BCUT2D eigenvalue weighted by Gasteiger charge is -2.27. The second kappa shape index (κ2) is 6.66. The number of hydrogen-bond donors (Lipinski definition) is 3. The first kappa shape index (κ1) is 15.4. The molecule has 0 saturated heterocycles. The maximum Gasteiger partial charge on any atom is 0.332 e. The van der Waals surface area contributed by atoms with Gasteiger partial charge in [-0.25, -0.2) is 4.98 Å². The Kier molecular flexibility index (Phi) is 4.89. The lowest BCUT2D eigenvalue weighted by molar-refractivity contribution is -0.385. The third kappa shape index (κ3) is 3.57. The number of nitrogens with zero attached hydrogens (tertiary/aromatic N) is 3. The highest BCUT2D eigenvalue weighted by Crippen LogP contribution is 2.29. The van der Waals surface area contributed by atoms with E-state index in [0.717, 1.165) is 25.7 Å². The van der Waals surface area contributed by atoms with Crippen LogP contribution in [0.25, 0.3) is 0 Å². The highest BCUT2D eigenvalue weighted by atomic mass is 16.6. The number of aryl methyl sites for hydroxylation is 1. The van der Waals surface area contributed by atoms with Crippen LogP contribution in [0.3, 0.4) is 0 Å². The summed E-state index contributed by atoms with van der Waals surface area (Å²) in [6, 6.07) is 0. The Morgan fingerprint density at radius 1 is 1.38 bits per heavy atom. The van der Waals surface area contributed by atoms with Crippen LogP contribution in [0.4, 0.5) is 17.5 Å². The fourth-order valence-electron chi connectivity index (χ4n) is 2.67. The molecule has 0 aliphatic heterocycles. The Morgan fingerprint density at radius 2 is 2.10 bits per heavy atom. The number of aromatic nitrogens is 2. The monoisotopic (exact) mass is 295 g/mol. The van der Waals surface area contributed by atoms with Crippen LogP contribution < -0.4 is 10.6 Å². The van der Waals surface area contributed by atoms with Crippen LogP contribution in [-0.4, -0.2) is 39.7 Å². The summed E-state index contributed by atoms with van der Waals surface area (Å²) in [6.07, 6.45) is 3.48. The topological polar surface area (TPSA) is 113 Å². The highest BCUT2D eigenvalue weighted by Gasteiger charge is 2.26. The molecule has 116 valence electrons. The minimum absolute atomic E-state index is 0.103. The SMILES string of the molecule is CNc1nc(C)c([N+](=O)[O-])c(NCC2CCCCC2O)n1. The van der Waals surface area contributed by atoms with Crippen LogP contribution >= 0.6 is 0 Å². The number of hydrogen-bond acceptors (Lipinski definition) is 7. The zero-order valence-electron chi connectivity index (χ0n) is 12.3. The fraction of sp³-hybridized carbons (Fsp3) is 0.692. The first-order chi connectivity index (χ1) is 10.0. The summed E-state index contributed by atoms with van der Waals surface area (Å²) in [7, 11) is 1.66. The third-order valence-electron chi connectivity index (χ3n) is 3.87. The number of nitrogens with one attached hydrogen (secondary N) is 2. The second-order valence-corrected chi connectivity index (χ2v) is 5.33. The largest absolute Gasteiger partial charge is 0.393 e. The van der Waals surface area contributed by atoms with E-state index < -0.39 is 4.92 Å². The van der Waals surface area contributed by atoms with Gasteiger partial charge in [-0.15, -0.1) is 0 Å². The van der Waals surface area contributed by atoms with Gasteiger partial charge in [-0.3, -0.25) is 10.1 Å². The maximum absolute atomic E-state index is 11.2. The van der Waals surface area contributed by atoms with E-state index in [1.165, 1.54) is 0 Å². The number of nitro groups is 1. The molecule has 3 N–H and O–H groups in total. The molecule has 1 saturated carbocycles. The molecule has 0 bridgehead atoms. The van der Waals surface area contributed by atoms with Crippen LogP contribution in [0.1, 0.15) is 31.4 Å². The predicted octanol–water partition coefficient (Wildman–Crippen LogP) is 1.70. The predicted molar refractivity (Wildman–Crippen MR) is 79.4 cm³/mol. The molecule has 1 aliphatic rings. The molecule has 2 atom stereocenters. The smallest absolute Gasteiger partial charge is 0.332 e. The van der Waals surface area contributed by atoms with Gasteiger partial charge < -0.3 is 15.7 Å². The van der Waals surface area contributed by atoms with Crippen molar-refractivity contribution in [3.8, 4) is 0 Å². The molecule has 1 heterocycles. The molecule has 2 unspecified atom stereocenters. The summed E-state index contributed by atoms with van der Waals surface area (Å²) in [4.78, 5) is 18.9. The van der Waals surface area contributed by atoms with Gasteiger partial charge in [0.1, 0.15) is 5.69 Å². The molecule has 0 aromatic carbocycles. The standard InChI is InChI=1S/C13H21N5O3/c1-8-11(18(20)21)12(17-13(14-2)16-8)15-7-9-5-3-4-6-10(9)19/h9-10,19H,3-7H2,1-2H3,(H2,14,15,16,17). The van der Waals surface area contributed by atoms with Crippen molar-refractivity contribution in [2.75, 3.05) is 24.2 Å². The van der Waals surface area contributed by atoms with Crippen molar-refractivity contribution in [3.05, 3.63) is 15.8 Å². The Morgan fingerprint density at radius 3 is 2.71 bits per heavy atom. The van der Waals surface area contributed by atoms with E-state index in [9.17, 15) is 15.2 Å². The fourth-order valence-corrected chi connectivity index (χ4v) is 2.67. The highest BCUT2D eigenvalue weighted by molar-refractivity contribution is 5.60. The summed E-state index contributed by atoms with van der Waals surface area (Å²) < 4.78 is 0. The van der Waals surface area contributed by atoms with Gasteiger partial charge in [0.25, 0.3) is 0 Å². The van der Waals surface area contributed by atoms with Gasteiger partial charge in [-0.05, 0) is 19.8 Å².